The van der Waals surface area contributed by atoms with Crippen LogP contribution in [0.4, 0.5) is 0 Å². The third kappa shape index (κ3) is 2.74. The summed E-state index contributed by atoms with van der Waals surface area (Å²) in [6.45, 7) is 2.38. The molecule has 3 rings (SSSR count). The zero-order chi connectivity index (χ0) is 15.5. The van der Waals surface area contributed by atoms with E-state index in [1.807, 2.05) is 24.3 Å². The van der Waals surface area contributed by atoms with Crippen molar-refractivity contribution in [3.05, 3.63) is 59.5 Å². The van der Waals surface area contributed by atoms with Crippen molar-refractivity contribution in [1.29, 1.82) is 0 Å². The number of carbonyl (C=O) groups excluding carboxylic acids is 2. The van der Waals surface area contributed by atoms with Gasteiger partial charge in [-0.3, -0.25) is 9.59 Å². The van der Waals surface area contributed by atoms with Crippen LogP contribution in [0.25, 0.3) is 0 Å². The number of benzene rings is 1. The number of carbonyl (C=O) groups is 2. The summed E-state index contributed by atoms with van der Waals surface area (Å²) in [5.41, 5.74) is 2.03. The summed E-state index contributed by atoms with van der Waals surface area (Å²) in [6.07, 6.45) is 2.34. The van der Waals surface area contributed by atoms with Crippen LogP contribution in [0.2, 0.25) is 0 Å². The Morgan fingerprint density at radius 1 is 1.27 bits per heavy atom. The Bertz CT molecular complexity index is 679. The van der Waals surface area contributed by atoms with Gasteiger partial charge in [-0.2, -0.15) is 0 Å². The van der Waals surface area contributed by atoms with E-state index in [-0.39, 0.29) is 11.8 Å². The van der Waals surface area contributed by atoms with Gasteiger partial charge in [0.25, 0.3) is 0 Å². The van der Waals surface area contributed by atoms with Gasteiger partial charge in [0.05, 0.1) is 12.8 Å². The molecule has 1 aromatic carbocycles. The fraction of sp³-hybridized carbons (Fsp3) is 0.294. The van der Waals surface area contributed by atoms with E-state index in [9.17, 15) is 9.59 Å². The van der Waals surface area contributed by atoms with Crippen molar-refractivity contribution in [3.8, 4) is 0 Å². The van der Waals surface area contributed by atoms with Gasteiger partial charge in [-0.25, -0.2) is 0 Å². The zero-order valence-electron chi connectivity index (χ0n) is 12.4. The van der Waals surface area contributed by atoms with Crippen molar-refractivity contribution in [2.45, 2.75) is 25.9 Å². The third-order valence-corrected chi connectivity index (χ3v) is 3.95. The number of rotatable bonds is 3. The molecule has 2 amide bonds. The third-order valence-electron chi connectivity index (χ3n) is 3.95. The zero-order valence-corrected chi connectivity index (χ0v) is 12.4. The first kappa shape index (κ1) is 14.4. The second-order valence-corrected chi connectivity index (χ2v) is 5.36. The number of nitrogens with zero attached hydrogens (tertiary/aromatic N) is 1. The summed E-state index contributed by atoms with van der Waals surface area (Å²) in [5, 5.41) is 2.85. The van der Waals surface area contributed by atoms with Crippen molar-refractivity contribution < 1.29 is 14.0 Å². The van der Waals surface area contributed by atoms with E-state index in [4.69, 9.17) is 4.42 Å². The van der Waals surface area contributed by atoms with E-state index in [0.29, 0.717) is 18.8 Å². The second-order valence-electron chi connectivity index (χ2n) is 5.36. The van der Waals surface area contributed by atoms with Crippen LogP contribution in [-0.2, 0) is 22.6 Å². The van der Waals surface area contributed by atoms with Gasteiger partial charge in [0, 0.05) is 13.5 Å². The first-order chi connectivity index (χ1) is 10.7. The highest BCUT2D eigenvalue weighted by Crippen LogP contribution is 2.30. The molecule has 1 aliphatic heterocycles. The van der Waals surface area contributed by atoms with Crippen molar-refractivity contribution in [3.63, 3.8) is 0 Å². The largest absolute Gasteiger partial charge is 0.467 e. The minimum absolute atomic E-state index is 0.0901. The Labute approximate surface area is 128 Å². The summed E-state index contributed by atoms with van der Waals surface area (Å²) >= 11 is 0. The lowest BCUT2D eigenvalue weighted by atomic mass is 9.92. The minimum atomic E-state index is -0.572. The number of hydrogen-bond acceptors (Lipinski definition) is 3. The molecule has 0 saturated heterocycles. The lowest BCUT2D eigenvalue weighted by molar-refractivity contribution is -0.140. The van der Waals surface area contributed by atoms with Crippen LogP contribution in [0.1, 0.15) is 29.9 Å². The molecule has 2 aromatic rings. The summed E-state index contributed by atoms with van der Waals surface area (Å²) < 4.78 is 5.22. The van der Waals surface area contributed by atoms with Crippen LogP contribution in [0.15, 0.2) is 47.1 Å². The number of amides is 2. The van der Waals surface area contributed by atoms with Gasteiger partial charge < -0.3 is 14.6 Å². The first-order valence-corrected chi connectivity index (χ1v) is 7.32. The lowest BCUT2D eigenvalue weighted by Gasteiger charge is -2.35. The molecule has 0 aliphatic carbocycles. The fourth-order valence-corrected chi connectivity index (χ4v) is 2.87. The molecule has 0 radical (unpaired) electrons. The lowest BCUT2D eigenvalue weighted by Crippen LogP contribution is -2.46. The number of furan rings is 1. The highest BCUT2D eigenvalue weighted by molar-refractivity contribution is 5.88. The van der Waals surface area contributed by atoms with E-state index >= 15 is 0 Å². The van der Waals surface area contributed by atoms with Gasteiger partial charge in [0.2, 0.25) is 11.8 Å². The number of nitrogens with one attached hydrogen (secondary N) is 1. The molecule has 0 saturated carbocycles. The molecular weight excluding hydrogens is 280 g/mol. The van der Waals surface area contributed by atoms with Crippen molar-refractivity contribution >= 4 is 11.8 Å². The van der Waals surface area contributed by atoms with Crippen LogP contribution < -0.4 is 5.32 Å². The standard InChI is InChI=1S/C17H18N2O3/c1-12(20)19-9-8-13-5-2-3-7-15(13)16(19)17(21)18-11-14-6-4-10-22-14/h2-7,10,16H,8-9,11H2,1H3,(H,18,21)/t16-/m0/s1. The average Bonchev–Trinajstić information content (AvgIpc) is 3.04. The molecule has 1 N–H and O–H groups in total. The molecular formula is C17H18N2O3. The quantitative estimate of drug-likeness (QED) is 0.943. The Morgan fingerprint density at radius 3 is 2.82 bits per heavy atom. The van der Waals surface area contributed by atoms with Gasteiger partial charge in [0.1, 0.15) is 11.8 Å². The van der Waals surface area contributed by atoms with Crippen LogP contribution in [0.5, 0.6) is 0 Å². The first-order valence-electron chi connectivity index (χ1n) is 7.32. The highest BCUT2D eigenvalue weighted by Gasteiger charge is 2.34. The molecule has 0 unspecified atom stereocenters. The Morgan fingerprint density at radius 2 is 2.09 bits per heavy atom. The predicted octanol–water partition coefficient (Wildman–Crippen LogP) is 2.04. The maximum absolute atomic E-state index is 12.6. The van der Waals surface area contributed by atoms with E-state index in [1.54, 1.807) is 23.3 Å². The fourth-order valence-electron chi connectivity index (χ4n) is 2.87. The molecule has 0 spiro atoms. The average molecular weight is 298 g/mol. The monoisotopic (exact) mass is 298 g/mol. The van der Waals surface area contributed by atoms with Crippen LogP contribution >= 0.6 is 0 Å². The van der Waals surface area contributed by atoms with Crippen LogP contribution in [0.3, 0.4) is 0 Å². The Balaban J connectivity index is 1.83. The molecule has 1 aliphatic rings. The summed E-state index contributed by atoms with van der Waals surface area (Å²) in [4.78, 5) is 26.1. The van der Waals surface area contributed by atoms with E-state index < -0.39 is 6.04 Å². The molecule has 22 heavy (non-hydrogen) atoms. The van der Waals surface area contributed by atoms with Gasteiger partial charge in [-0.15, -0.1) is 0 Å². The predicted molar refractivity (Wildman–Crippen MR) is 80.8 cm³/mol. The van der Waals surface area contributed by atoms with Gasteiger partial charge in [0.15, 0.2) is 0 Å². The van der Waals surface area contributed by atoms with Crippen molar-refractivity contribution in [2.75, 3.05) is 6.54 Å². The van der Waals surface area contributed by atoms with Gasteiger partial charge in [-0.1, -0.05) is 24.3 Å². The minimum Gasteiger partial charge on any atom is -0.467 e. The van der Waals surface area contributed by atoms with E-state index in [0.717, 1.165) is 17.5 Å². The number of hydrogen-bond donors (Lipinski definition) is 1. The number of fused-ring (bicyclic) bond motifs is 1. The van der Waals surface area contributed by atoms with E-state index in [2.05, 4.69) is 5.32 Å². The SMILES string of the molecule is CC(=O)N1CCc2ccccc2[C@H]1C(=O)NCc1ccco1. The molecule has 1 aromatic heterocycles. The van der Waals surface area contributed by atoms with Gasteiger partial charge >= 0.3 is 0 Å². The van der Waals surface area contributed by atoms with Crippen molar-refractivity contribution in [2.24, 2.45) is 0 Å². The van der Waals surface area contributed by atoms with Crippen molar-refractivity contribution in [1.82, 2.24) is 10.2 Å². The second kappa shape index (κ2) is 6.05. The van der Waals surface area contributed by atoms with E-state index in [1.165, 1.54) is 6.92 Å². The molecule has 0 fully saturated rings. The smallest absolute Gasteiger partial charge is 0.247 e. The van der Waals surface area contributed by atoms with Gasteiger partial charge in [-0.05, 0) is 29.7 Å². The molecule has 5 nitrogen and oxygen atoms in total. The highest BCUT2D eigenvalue weighted by atomic mass is 16.3. The van der Waals surface area contributed by atoms with Crippen LogP contribution in [-0.4, -0.2) is 23.3 Å². The molecule has 0 bridgehead atoms. The van der Waals surface area contributed by atoms with Crippen LogP contribution in [0, 0.1) is 0 Å². The summed E-state index contributed by atoms with van der Waals surface area (Å²) in [7, 11) is 0. The Hall–Kier alpha value is -2.56. The maximum atomic E-state index is 12.6. The topological polar surface area (TPSA) is 62.6 Å². The molecule has 114 valence electrons. The summed E-state index contributed by atoms with van der Waals surface area (Å²) in [6, 6.07) is 10.8. The molecule has 2 heterocycles. The molecule has 5 heteroatoms. The maximum Gasteiger partial charge on any atom is 0.247 e. The molecule has 1 atom stereocenters. The normalized spacial score (nSPS) is 17.0. The Kier molecular flexibility index (Phi) is 3.96. The summed E-state index contributed by atoms with van der Waals surface area (Å²) in [5.74, 6) is 0.415.